The van der Waals surface area contributed by atoms with Crippen LogP contribution in [0.5, 0.6) is 0 Å². The molecule has 3 aromatic rings. The minimum Gasteiger partial charge on any atom is -0.305 e. The number of hydrogen-bond acceptors (Lipinski definition) is 5. The number of imide groups is 1. The standard InChI is InChI=1S/C19H18FN5O2S/c1-12-7-3-4-8-13(12)17-23-24-19(25(17)2)28-11-16(26)22-18(27)21-15-10-6-5-9-14(15)20/h3-10H,11H2,1-2H3,(H2,21,22,26,27). The molecule has 7 nitrogen and oxygen atoms in total. The summed E-state index contributed by atoms with van der Waals surface area (Å²) in [5.74, 6) is -0.454. The minimum atomic E-state index is -0.797. The molecule has 3 amide bonds. The minimum absolute atomic E-state index is 0.00312. The van der Waals surface area contributed by atoms with Crippen LogP contribution in [-0.4, -0.2) is 32.5 Å². The van der Waals surface area contributed by atoms with Crippen molar-refractivity contribution in [3.63, 3.8) is 0 Å². The lowest BCUT2D eigenvalue weighted by Gasteiger charge is -2.08. The third kappa shape index (κ3) is 4.55. The Labute approximate surface area is 165 Å². The SMILES string of the molecule is Cc1ccccc1-c1nnc(SCC(=O)NC(=O)Nc2ccccc2F)n1C. The van der Waals surface area contributed by atoms with Gasteiger partial charge in [-0.25, -0.2) is 9.18 Å². The van der Waals surface area contributed by atoms with Crippen molar-refractivity contribution in [1.82, 2.24) is 20.1 Å². The van der Waals surface area contributed by atoms with Crippen LogP contribution >= 0.6 is 11.8 Å². The van der Waals surface area contributed by atoms with Crippen LogP contribution in [-0.2, 0) is 11.8 Å². The van der Waals surface area contributed by atoms with Crippen molar-refractivity contribution >= 4 is 29.4 Å². The predicted molar refractivity (Wildman–Crippen MR) is 105 cm³/mol. The molecule has 0 aliphatic heterocycles. The summed E-state index contributed by atoms with van der Waals surface area (Å²) in [6.45, 7) is 1.98. The summed E-state index contributed by atoms with van der Waals surface area (Å²) in [4.78, 5) is 23.8. The molecule has 0 fully saturated rings. The molecule has 0 spiro atoms. The van der Waals surface area contributed by atoms with Crippen molar-refractivity contribution in [3.05, 3.63) is 59.9 Å². The van der Waals surface area contributed by atoms with Crippen LogP contribution in [0.3, 0.4) is 0 Å². The first-order chi connectivity index (χ1) is 13.5. The molecule has 0 bridgehead atoms. The molecule has 1 heterocycles. The van der Waals surface area contributed by atoms with E-state index in [4.69, 9.17) is 0 Å². The topological polar surface area (TPSA) is 88.9 Å². The van der Waals surface area contributed by atoms with Gasteiger partial charge in [-0.05, 0) is 24.6 Å². The van der Waals surface area contributed by atoms with E-state index < -0.39 is 17.8 Å². The Balaban J connectivity index is 1.57. The lowest BCUT2D eigenvalue weighted by molar-refractivity contribution is -0.117. The lowest BCUT2D eigenvalue weighted by atomic mass is 10.1. The van der Waals surface area contributed by atoms with Crippen LogP contribution in [0.15, 0.2) is 53.7 Å². The zero-order valence-corrected chi connectivity index (χ0v) is 16.1. The fourth-order valence-electron chi connectivity index (χ4n) is 2.51. The van der Waals surface area contributed by atoms with E-state index in [9.17, 15) is 14.0 Å². The average Bonchev–Trinajstić information content (AvgIpc) is 3.03. The summed E-state index contributed by atoms with van der Waals surface area (Å²) in [5, 5.41) is 13.3. The van der Waals surface area contributed by atoms with Crippen LogP contribution < -0.4 is 10.6 Å². The van der Waals surface area contributed by atoms with Gasteiger partial charge in [0, 0.05) is 12.6 Å². The Morgan fingerprint density at radius 2 is 1.82 bits per heavy atom. The number of hydrogen-bond donors (Lipinski definition) is 2. The third-order valence-corrected chi connectivity index (χ3v) is 4.95. The molecule has 1 aromatic heterocycles. The Morgan fingerprint density at radius 1 is 1.11 bits per heavy atom. The Kier molecular flexibility index (Phi) is 6.05. The molecule has 28 heavy (non-hydrogen) atoms. The van der Waals surface area contributed by atoms with Crippen LogP contribution in [0.4, 0.5) is 14.9 Å². The van der Waals surface area contributed by atoms with Crippen LogP contribution in [0.2, 0.25) is 0 Å². The van der Waals surface area contributed by atoms with Gasteiger partial charge in [0.1, 0.15) is 5.82 Å². The highest BCUT2D eigenvalue weighted by Crippen LogP contribution is 2.24. The molecule has 0 saturated heterocycles. The number of rotatable bonds is 5. The van der Waals surface area contributed by atoms with E-state index in [2.05, 4.69) is 20.8 Å². The number of nitrogens with one attached hydrogen (secondary N) is 2. The van der Waals surface area contributed by atoms with Crippen molar-refractivity contribution in [2.75, 3.05) is 11.1 Å². The van der Waals surface area contributed by atoms with Gasteiger partial charge in [-0.1, -0.05) is 48.2 Å². The van der Waals surface area contributed by atoms with Gasteiger partial charge in [0.25, 0.3) is 0 Å². The maximum atomic E-state index is 13.5. The zero-order chi connectivity index (χ0) is 20.1. The number of anilines is 1. The number of thioether (sulfide) groups is 1. The Hall–Kier alpha value is -3.20. The summed E-state index contributed by atoms with van der Waals surface area (Å²) in [6, 6.07) is 12.7. The molecule has 2 N–H and O–H groups in total. The number of carbonyl (C=O) groups excluding carboxylic acids is 2. The molecule has 9 heteroatoms. The van der Waals surface area contributed by atoms with Crippen molar-refractivity contribution in [1.29, 1.82) is 0 Å². The number of para-hydroxylation sites is 1. The molecule has 3 rings (SSSR count). The largest absolute Gasteiger partial charge is 0.325 e. The number of halogens is 1. The number of aryl methyl sites for hydroxylation is 1. The molecular formula is C19H18FN5O2S. The molecule has 0 atom stereocenters. The summed E-state index contributed by atoms with van der Waals surface area (Å²) in [7, 11) is 1.81. The molecule has 0 radical (unpaired) electrons. The Morgan fingerprint density at radius 3 is 2.57 bits per heavy atom. The van der Waals surface area contributed by atoms with Gasteiger partial charge in [-0.15, -0.1) is 10.2 Å². The number of amides is 3. The molecular weight excluding hydrogens is 381 g/mol. The maximum absolute atomic E-state index is 13.5. The van der Waals surface area contributed by atoms with Gasteiger partial charge in [0.05, 0.1) is 11.4 Å². The van der Waals surface area contributed by atoms with E-state index in [1.165, 1.54) is 18.2 Å². The number of nitrogens with zero attached hydrogens (tertiary/aromatic N) is 3. The second-order valence-electron chi connectivity index (χ2n) is 5.95. The van der Waals surface area contributed by atoms with Crippen molar-refractivity contribution in [3.8, 4) is 11.4 Å². The van der Waals surface area contributed by atoms with E-state index in [0.29, 0.717) is 11.0 Å². The highest BCUT2D eigenvalue weighted by atomic mass is 32.2. The van der Waals surface area contributed by atoms with Gasteiger partial charge in [0.15, 0.2) is 11.0 Å². The van der Waals surface area contributed by atoms with E-state index in [1.54, 1.807) is 10.6 Å². The van der Waals surface area contributed by atoms with Gasteiger partial charge in [-0.3, -0.25) is 10.1 Å². The zero-order valence-electron chi connectivity index (χ0n) is 15.3. The monoisotopic (exact) mass is 399 g/mol. The fraction of sp³-hybridized carbons (Fsp3) is 0.158. The quantitative estimate of drug-likeness (QED) is 0.642. The first-order valence-electron chi connectivity index (χ1n) is 8.39. The van der Waals surface area contributed by atoms with E-state index in [0.717, 1.165) is 22.9 Å². The van der Waals surface area contributed by atoms with E-state index >= 15 is 0 Å². The molecule has 0 saturated carbocycles. The Bertz CT molecular complexity index is 1020. The number of benzene rings is 2. The third-order valence-electron chi connectivity index (χ3n) is 3.93. The maximum Gasteiger partial charge on any atom is 0.325 e. The van der Waals surface area contributed by atoms with Crippen molar-refractivity contribution < 1.29 is 14.0 Å². The van der Waals surface area contributed by atoms with Crippen LogP contribution in [0.1, 0.15) is 5.56 Å². The highest BCUT2D eigenvalue weighted by molar-refractivity contribution is 7.99. The molecule has 144 valence electrons. The molecule has 2 aromatic carbocycles. The first-order valence-corrected chi connectivity index (χ1v) is 9.38. The molecule has 0 aliphatic carbocycles. The van der Waals surface area contributed by atoms with Gasteiger partial charge < -0.3 is 9.88 Å². The summed E-state index contributed by atoms with van der Waals surface area (Å²) in [6.07, 6.45) is 0. The first kappa shape index (κ1) is 19.6. The fourth-order valence-corrected chi connectivity index (χ4v) is 3.22. The van der Waals surface area contributed by atoms with Crippen molar-refractivity contribution in [2.45, 2.75) is 12.1 Å². The van der Waals surface area contributed by atoms with E-state index in [1.807, 2.05) is 38.2 Å². The smallest absolute Gasteiger partial charge is 0.305 e. The summed E-state index contributed by atoms with van der Waals surface area (Å²) >= 11 is 1.15. The van der Waals surface area contributed by atoms with Crippen LogP contribution in [0.25, 0.3) is 11.4 Å². The highest BCUT2D eigenvalue weighted by Gasteiger charge is 2.15. The van der Waals surface area contributed by atoms with Gasteiger partial charge in [0.2, 0.25) is 5.91 Å². The number of aromatic nitrogens is 3. The second-order valence-corrected chi connectivity index (χ2v) is 6.89. The predicted octanol–water partition coefficient (Wildman–Crippen LogP) is 3.37. The van der Waals surface area contributed by atoms with Crippen LogP contribution in [0, 0.1) is 12.7 Å². The number of urea groups is 1. The van der Waals surface area contributed by atoms with Gasteiger partial charge in [-0.2, -0.15) is 0 Å². The second kappa shape index (κ2) is 8.66. The van der Waals surface area contributed by atoms with E-state index in [-0.39, 0.29) is 11.4 Å². The molecule has 0 unspecified atom stereocenters. The van der Waals surface area contributed by atoms with Gasteiger partial charge >= 0.3 is 6.03 Å². The summed E-state index contributed by atoms with van der Waals surface area (Å²) < 4.78 is 15.3. The normalized spacial score (nSPS) is 10.5. The lowest BCUT2D eigenvalue weighted by Crippen LogP contribution is -2.35. The molecule has 0 aliphatic rings. The average molecular weight is 399 g/mol. The van der Waals surface area contributed by atoms with Crippen molar-refractivity contribution in [2.24, 2.45) is 7.05 Å². The number of carbonyl (C=O) groups is 2. The summed E-state index contributed by atoms with van der Waals surface area (Å²) in [5.41, 5.74) is 2.02.